The number of hydrogen-bond donors (Lipinski definition) is 1. The highest BCUT2D eigenvalue weighted by molar-refractivity contribution is 9.10. The standard InChI is InChI=1S/C28H20Br2N2O3/c1-34-26-15-18(13-21(16-31)28(33)32-23-11-9-22(29)10-12-23)14-25(30)27(26)35-17-20-7-4-6-19-5-2-3-8-24(19)20/h2-15H,17H2,1H3,(H,32,33)/b21-13+. The fourth-order valence-corrected chi connectivity index (χ4v) is 4.42. The van der Waals surface area contributed by atoms with Gasteiger partial charge in [-0.2, -0.15) is 5.26 Å². The Morgan fingerprint density at radius 2 is 1.77 bits per heavy atom. The molecule has 0 aromatic heterocycles. The Balaban J connectivity index is 1.56. The molecular weight excluding hydrogens is 572 g/mol. The van der Waals surface area contributed by atoms with Crippen molar-refractivity contribution in [3.8, 4) is 17.6 Å². The van der Waals surface area contributed by atoms with Crippen LogP contribution in [-0.2, 0) is 11.4 Å². The van der Waals surface area contributed by atoms with Gasteiger partial charge in [-0.05, 0) is 80.3 Å². The highest BCUT2D eigenvalue weighted by Gasteiger charge is 2.15. The molecule has 4 aromatic carbocycles. The summed E-state index contributed by atoms with van der Waals surface area (Å²) in [6, 6.07) is 26.8. The van der Waals surface area contributed by atoms with Crippen LogP contribution in [0, 0.1) is 11.3 Å². The molecular formula is C28H20Br2N2O3. The number of fused-ring (bicyclic) bond motifs is 1. The first-order valence-corrected chi connectivity index (χ1v) is 12.2. The highest BCUT2D eigenvalue weighted by atomic mass is 79.9. The maximum Gasteiger partial charge on any atom is 0.266 e. The minimum Gasteiger partial charge on any atom is -0.493 e. The quantitative estimate of drug-likeness (QED) is 0.178. The zero-order valence-corrected chi connectivity index (χ0v) is 21.9. The van der Waals surface area contributed by atoms with E-state index < -0.39 is 5.91 Å². The lowest BCUT2D eigenvalue weighted by Crippen LogP contribution is -2.13. The molecule has 5 nitrogen and oxygen atoms in total. The second-order valence-electron chi connectivity index (χ2n) is 7.59. The average molecular weight is 592 g/mol. The number of nitrogens with one attached hydrogen (secondary N) is 1. The maximum absolute atomic E-state index is 12.6. The maximum atomic E-state index is 12.6. The predicted molar refractivity (Wildman–Crippen MR) is 145 cm³/mol. The molecule has 1 amide bonds. The monoisotopic (exact) mass is 590 g/mol. The molecule has 0 fully saturated rings. The molecule has 4 rings (SSSR count). The summed E-state index contributed by atoms with van der Waals surface area (Å²) in [4.78, 5) is 12.6. The third-order valence-corrected chi connectivity index (χ3v) is 6.40. The summed E-state index contributed by atoms with van der Waals surface area (Å²) < 4.78 is 13.2. The molecule has 35 heavy (non-hydrogen) atoms. The number of hydrogen-bond acceptors (Lipinski definition) is 4. The molecule has 0 bridgehead atoms. The molecule has 0 saturated heterocycles. The molecule has 1 N–H and O–H groups in total. The van der Waals surface area contributed by atoms with Crippen molar-refractivity contribution in [1.29, 1.82) is 5.26 Å². The molecule has 0 spiro atoms. The van der Waals surface area contributed by atoms with Crippen molar-refractivity contribution < 1.29 is 14.3 Å². The number of amides is 1. The molecule has 0 aliphatic carbocycles. The van der Waals surface area contributed by atoms with E-state index in [0.717, 1.165) is 20.8 Å². The number of nitriles is 1. The van der Waals surface area contributed by atoms with Crippen LogP contribution in [0.25, 0.3) is 16.8 Å². The number of carbonyl (C=O) groups excluding carboxylic acids is 1. The van der Waals surface area contributed by atoms with Crippen LogP contribution in [0.1, 0.15) is 11.1 Å². The van der Waals surface area contributed by atoms with Crippen molar-refractivity contribution >= 4 is 60.3 Å². The Morgan fingerprint density at radius 3 is 2.51 bits per heavy atom. The van der Waals surface area contributed by atoms with Crippen LogP contribution in [0.4, 0.5) is 5.69 Å². The van der Waals surface area contributed by atoms with Gasteiger partial charge in [-0.25, -0.2) is 0 Å². The summed E-state index contributed by atoms with van der Waals surface area (Å²) in [5, 5.41) is 14.6. The minimum absolute atomic E-state index is 0.0358. The van der Waals surface area contributed by atoms with E-state index in [9.17, 15) is 10.1 Å². The Kier molecular flexibility index (Phi) is 7.86. The molecule has 0 heterocycles. The van der Waals surface area contributed by atoms with Gasteiger partial charge in [-0.1, -0.05) is 58.4 Å². The van der Waals surface area contributed by atoms with Crippen LogP contribution >= 0.6 is 31.9 Å². The van der Waals surface area contributed by atoms with Gasteiger partial charge in [0.1, 0.15) is 18.2 Å². The minimum atomic E-state index is -0.499. The Morgan fingerprint density at radius 1 is 1.03 bits per heavy atom. The van der Waals surface area contributed by atoms with Crippen molar-refractivity contribution in [1.82, 2.24) is 0 Å². The lowest BCUT2D eigenvalue weighted by molar-refractivity contribution is -0.112. The SMILES string of the molecule is COc1cc(/C=C(\C#N)C(=O)Nc2ccc(Br)cc2)cc(Br)c1OCc1cccc2ccccc12. The van der Waals surface area contributed by atoms with Gasteiger partial charge in [0.15, 0.2) is 11.5 Å². The first kappa shape index (κ1) is 24.5. The van der Waals surface area contributed by atoms with Gasteiger partial charge in [0.05, 0.1) is 11.6 Å². The molecule has 0 aliphatic heterocycles. The van der Waals surface area contributed by atoms with E-state index in [1.807, 2.05) is 42.5 Å². The number of anilines is 1. The van der Waals surface area contributed by atoms with E-state index in [4.69, 9.17) is 9.47 Å². The van der Waals surface area contributed by atoms with E-state index in [1.165, 1.54) is 6.08 Å². The first-order valence-electron chi connectivity index (χ1n) is 10.6. The zero-order chi connectivity index (χ0) is 24.8. The fraction of sp³-hybridized carbons (Fsp3) is 0.0714. The van der Waals surface area contributed by atoms with Crippen molar-refractivity contribution in [3.05, 3.63) is 105 Å². The lowest BCUT2D eigenvalue weighted by Gasteiger charge is -2.15. The van der Waals surface area contributed by atoms with Crippen molar-refractivity contribution in [2.24, 2.45) is 0 Å². The summed E-state index contributed by atoms with van der Waals surface area (Å²) in [6.45, 7) is 0.352. The molecule has 174 valence electrons. The summed E-state index contributed by atoms with van der Waals surface area (Å²) in [5.74, 6) is 0.521. The second-order valence-corrected chi connectivity index (χ2v) is 9.36. The Hall–Kier alpha value is -3.60. The second kappa shape index (κ2) is 11.2. The number of benzene rings is 4. The van der Waals surface area contributed by atoms with Crippen LogP contribution in [0.2, 0.25) is 0 Å². The topological polar surface area (TPSA) is 71.3 Å². The smallest absolute Gasteiger partial charge is 0.266 e. The molecule has 0 saturated carbocycles. The van der Waals surface area contributed by atoms with E-state index in [2.05, 4.69) is 55.4 Å². The normalized spacial score (nSPS) is 11.1. The van der Waals surface area contributed by atoms with Crippen LogP contribution < -0.4 is 14.8 Å². The summed E-state index contributed by atoms with van der Waals surface area (Å²) >= 11 is 6.91. The Labute approximate surface area is 220 Å². The van der Waals surface area contributed by atoms with Crippen LogP contribution in [0.3, 0.4) is 0 Å². The lowest BCUT2D eigenvalue weighted by atomic mass is 10.1. The predicted octanol–water partition coefficient (Wildman–Crippen LogP) is 7.50. The number of carbonyl (C=O) groups is 1. The third-order valence-electron chi connectivity index (χ3n) is 5.28. The van der Waals surface area contributed by atoms with Gasteiger partial charge in [0.25, 0.3) is 5.91 Å². The van der Waals surface area contributed by atoms with E-state index in [1.54, 1.807) is 31.4 Å². The molecule has 0 radical (unpaired) electrons. The fourth-order valence-electron chi connectivity index (χ4n) is 3.58. The van der Waals surface area contributed by atoms with Gasteiger partial charge in [0, 0.05) is 10.2 Å². The van der Waals surface area contributed by atoms with Crippen molar-refractivity contribution in [2.75, 3.05) is 12.4 Å². The molecule has 0 aliphatic rings. The number of rotatable bonds is 7. The summed E-state index contributed by atoms with van der Waals surface area (Å²) in [7, 11) is 1.55. The first-order chi connectivity index (χ1) is 17.0. The van der Waals surface area contributed by atoms with Gasteiger partial charge < -0.3 is 14.8 Å². The zero-order valence-electron chi connectivity index (χ0n) is 18.7. The summed E-state index contributed by atoms with van der Waals surface area (Å²) in [5.41, 5.74) is 2.23. The van der Waals surface area contributed by atoms with Crippen LogP contribution in [-0.4, -0.2) is 13.0 Å². The van der Waals surface area contributed by atoms with E-state index in [-0.39, 0.29) is 5.57 Å². The van der Waals surface area contributed by atoms with E-state index >= 15 is 0 Å². The van der Waals surface area contributed by atoms with Crippen LogP contribution in [0.5, 0.6) is 11.5 Å². The largest absolute Gasteiger partial charge is 0.493 e. The highest BCUT2D eigenvalue weighted by Crippen LogP contribution is 2.38. The van der Waals surface area contributed by atoms with Gasteiger partial charge in [-0.3, -0.25) is 4.79 Å². The molecule has 0 unspecified atom stereocenters. The molecule has 0 atom stereocenters. The van der Waals surface area contributed by atoms with Crippen molar-refractivity contribution in [2.45, 2.75) is 6.61 Å². The number of halogens is 2. The number of methoxy groups -OCH3 is 1. The number of ether oxygens (including phenoxy) is 2. The van der Waals surface area contributed by atoms with Gasteiger partial charge in [0.2, 0.25) is 0 Å². The molecule has 7 heteroatoms. The molecule has 4 aromatic rings. The Bertz CT molecular complexity index is 1450. The average Bonchev–Trinajstić information content (AvgIpc) is 2.87. The van der Waals surface area contributed by atoms with Crippen LogP contribution in [0.15, 0.2) is 93.4 Å². The van der Waals surface area contributed by atoms with Crippen molar-refractivity contribution in [3.63, 3.8) is 0 Å². The van der Waals surface area contributed by atoms with Gasteiger partial charge >= 0.3 is 0 Å². The number of nitrogens with zero attached hydrogens (tertiary/aromatic N) is 1. The van der Waals surface area contributed by atoms with E-state index in [0.29, 0.717) is 33.8 Å². The third kappa shape index (κ3) is 5.91. The summed E-state index contributed by atoms with van der Waals surface area (Å²) in [6.07, 6.45) is 1.51. The van der Waals surface area contributed by atoms with Gasteiger partial charge in [-0.15, -0.1) is 0 Å².